The fourth-order valence-electron chi connectivity index (χ4n) is 6.51. The molecule has 1 aromatic carbocycles. The number of hydrogen-bond acceptors (Lipinski definition) is 11. The SMILES string of the molecule is CCOCc1nc2c(NC(=O)[C@@H](NC(=O)[C@@H]3CCCN3C(=O)[C@H](CC(=O)OC(C)(C)C)NC(=O)OC(C)(C)C)C(C)C)nc3ccccc3c2n1CC(C)(C)O. The van der Waals surface area contributed by atoms with E-state index >= 15 is 0 Å². The number of amides is 4. The number of carbonyl (C=O) groups excluding carboxylic acids is 5. The van der Waals surface area contributed by atoms with Gasteiger partial charge in [-0.25, -0.2) is 14.8 Å². The Kier molecular flexibility index (Phi) is 13.7. The molecule has 16 nitrogen and oxygen atoms in total. The maximum absolute atomic E-state index is 14.1. The van der Waals surface area contributed by atoms with Crippen molar-refractivity contribution in [3.8, 4) is 0 Å². The standard InChI is InChI=1S/C40H59N7O9/c1-12-54-21-28-43-31-32(47(28)22-40(10,11)53)24-16-13-14-17-25(24)41-33(31)45-35(50)30(23(2)3)44-34(49)27-18-15-19-46(27)36(51)26(20-29(48)55-38(4,5)6)42-37(52)56-39(7,8)9/h13-14,16-17,23,26-27,30,53H,12,15,18-22H2,1-11H3,(H,42,52)(H,44,49)(H,41,45,50)/t26-,27-,30-/m0/s1. The molecule has 56 heavy (non-hydrogen) atoms. The van der Waals surface area contributed by atoms with Gasteiger partial charge in [0.15, 0.2) is 5.82 Å². The molecule has 4 rings (SSSR count). The van der Waals surface area contributed by atoms with Crippen LogP contribution in [0.1, 0.15) is 101 Å². The number of nitrogens with zero attached hydrogens (tertiary/aromatic N) is 4. The smallest absolute Gasteiger partial charge is 0.408 e. The van der Waals surface area contributed by atoms with Crippen molar-refractivity contribution < 1.29 is 43.3 Å². The number of ether oxygens (including phenoxy) is 3. The van der Waals surface area contributed by atoms with E-state index in [2.05, 4.69) is 16.0 Å². The molecule has 1 aliphatic rings. The van der Waals surface area contributed by atoms with E-state index in [1.165, 1.54) is 4.90 Å². The van der Waals surface area contributed by atoms with Gasteiger partial charge in [0, 0.05) is 18.5 Å². The molecule has 16 heteroatoms. The van der Waals surface area contributed by atoms with Gasteiger partial charge in [-0.1, -0.05) is 32.0 Å². The number of anilines is 1. The minimum absolute atomic E-state index is 0.163. The van der Waals surface area contributed by atoms with E-state index in [1.54, 1.807) is 69.2 Å². The van der Waals surface area contributed by atoms with E-state index in [0.717, 1.165) is 5.39 Å². The van der Waals surface area contributed by atoms with Crippen LogP contribution in [0.5, 0.6) is 0 Å². The summed E-state index contributed by atoms with van der Waals surface area (Å²) in [6, 6.07) is 4.01. The number of aliphatic hydroxyl groups is 1. The fourth-order valence-corrected chi connectivity index (χ4v) is 6.51. The van der Waals surface area contributed by atoms with E-state index in [4.69, 9.17) is 24.2 Å². The number of para-hydroxylation sites is 1. The molecule has 1 aliphatic heterocycles. The first-order valence-electron chi connectivity index (χ1n) is 19.2. The predicted octanol–water partition coefficient (Wildman–Crippen LogP) is 4.59. The first-order valence-corrected chi connectivity index (χ1v) is 19.2. The number of nitrogens with one attached hydrogen (secondary N) is 3. The highest BCUT2D eigenvalue weighted by atomic mass is 16.6. The topological polar surface area (TPSA) is 203 Å². The lowest BCUT2D eigenvalue weighted by Crippen LogP contribution is -2.57. The van der Waals surface area contributed by atoms with Crippen LogP contribution in [0.4, 0.5) is 10.6 Å². The highest BCUT2D eigenvalue weighted by molar-refractivity contribution is 6.10. The van der Waals surface area contributed by atoms with Gasteiger partial charge in [0.25, 0.3) is 0 Å². The monoisotopic (exact) mass is 781 g/mol. The molecule has 4 amide bonds. The van der Waals surface area contributed by atoms with Gasteiger partial charge < -0.3 is 44.7 Å². The average molecular weight is 782 g/mol. The lowest BCUT2D eigenvalue weighted by molar-refractivity contribution is -0.157. The Morgan fingerprint density at radius 3 is 2.21 bits per heavy atom. The highest BCUT2D eigenvalue weighted by Gasteiger charge is 2.41. The Morgan fingerprint density at radius 1 is 0.946 bits per heavy atom. The van der Waals surface area contributed by atoms with Crippen LogP contribution >= 0.6 is 0 Å². The van der Waals surface area contributed by atoms with Crippen LogP contribution in [-0.2, 0) is 46.5 Å². The zero-order chi connectivity index (χ0) is 41.7. The molecule has 1 saturated heterocycles. The van der Waals surface area contributed by atoms with Crippen molar-refractivity contribution in [2.45, 2.75) is 144 Å². The van der Waals surface area contributed by atoms with Gasteiger partial charge in [0.2, 0.25) is 17.7 Å². The summed E-state index contributed by atoms with van der Waals surface area (Å²) in [5.41, 5.74) is -1.18. The zero-order valence-electron chi connectivity index (χ0n) is 34.6. The zero-order valence-corrected chi connectivity index (χ0v) is 34.6. The van der Waals surface area contributed by atoms with Crippen molar-refractivity contribution in [2.75, 3.05) is 18.5 Å². The van der Waals surface area contributed by atoms with Gasteiger partial charge in [0.1, 0.15) is 47.3 Å². The van der Waals surface area contributed by atoms with Gasteiger partial charge in [-0.2, -0.15) is 0 Å². The minimum atomic E-state index is -1.37. The van der Waals surface area contributed by atoms with Crippen molar-refractivity contribution in [3.05, 3.63) is 30.1 Å². The molecule has 3 aromatic rings. The number of hydrogen-bond donors (Lipinski definition) is 4. The van der Waals surface area contributed by atoms with Crippen molar-refractivity contribution in [1.82, 2.24) is 30.1 Å². The first kappa shape index (κ1) is 43.9. The molecule has 0 unspecified atom stereocenters. The summed E-state index contributed by atoms with van der Waals surface area (Å²) in [7, 11) is 0. The molecule has 3 heterocycles. The number of rotatable bonds is 14. The van der Waals surface area contributed by atoms with Crippen LogP contribution in [0, 0.1) is 5.92 Å². The molecule has 4 N–H and O–H groups in total. The number of benzene rings is 1. The van der Waals surface area contributed by atoms with Crippen LogP contribution in [0.15, 0.2) is 24.3 Å². The van der Waals surface area contributed by atoms with E-state index in [9.17, 15) is 29.1 Å². The molecule has 0 spiro atoms. The third-order valence-corrected chi connectivity index (χ3v) is 8.75. The van der Waals surface area contributed by atoms with Gasteiger partial charge in [0.05, 0.1) is 29.6 Å². The Hall–Kier alpha value is -4.83. The number of likely N-dealkylation sites (tertiary alicyclic amines) is 1. The molecule has 2 aromatic heterocycles. The summed E-state index contributed by atoms with van der Waals surface area (Å²) in [5.74, 6) is -2.16. The number of aromatic nitrogens is 3. The average Bonchev–Trinajstić information content (AvgIpc) is 3.69. The lowest BCUT2D eigenvalue weighted by atomic mass is 10.0. The van der Waals surface area contributed by atoms with Crippen LogP contribution in [0.25, 0.3) is 21.9 Å². The van der Waals surface area contributed by atoms with Gasteiger partial charge >= 0.3 is 12.1 Å². The summed E-state index contributed by atoms with van der Waals surface area (Å²) in [4.78, 5) is 78.7. The third kappa shape index (κ3) is 11.6. The second kappa shape index (κ2) is 17.5. The fraction of sp³-hybridized carbons (Fsp3) is 0.625. The van der Waals surface area contributed by atoms with Crippen LogP contribution < -0.4 is 16.0 Å². The quantitative estimate of drug-likeness (QED) is 0.167. The minimum Gasteiger partial charge on any atom is -0.460 e. The number of pyridine rings is 1. The number of carbonyl (C=O) groups is 5. The normalized spacial score (nSPS) is 16.2. The summed E-state index contributed by atoms with van der Waals surface area (Å²) in [6.45, 7) is 19.9. The van der Waals surface area contributed by atoms with Crippen LogP contribution in [-0.4, -0.2) is 102 Å². The van der Waals surface area contributed by atoms with Gasteiger partial charge in [-0.05, 0) is 87.1 Å². The number of fused-ring (bicyclic) bond motifs is 3. The summed E-state index contributed by atoms with van der Waals surface area (Å²) in [6.07, 6.45) is -0.612. The molecular weight excluding hydrogens is 722 g/mol. The maximum atomic E-state index is 14.1. The van der Waals surface area contributed by atoms with Crippen molar-refractivity contribution in [3.63, 3.8) is 0 Å². The molecule has 3 atom stereocenters. The van der Waals surface area contributed by atoms with E-state index in [-0.39, 0.29) is 25.5 Å². The second-order valence-corrected chi connectivity index (χ2v) is 17.1. The molecule has 1 fully saturated rings. The maximum Gasteiger partial charge on any atom is 0.408 e. The second-order valence-electron chi connectivity index (χ2n) is 17.1. The third-order valence-electron chi connectivity index (χ3n) is 8.75. The molecule has 0 saturated carbocycles. The Bertz CT molecular complexity index is 1890. The predicted molar refractivity (Wildman–Crippen MR) is 210 cm³/mol. The summed E-state index contributed by atoms with van der Waals surface area (Å²) >= 11 is 0. The van der Waals surface area contributed by atoms with Crippen molar-refractivity contribution >= 4 is 57.5 Å². The summed E-state index contributed by atoms with van der Waals surface area (Å²) in [5, 5.41) is 19.9. The van der Waals surface area contributed by atoms with Crippen molar-refractivity contribution in [2.24, 2.45) is 5.92 Å². The van der Waals surface area contributed by atoms with E-state index < -0.39 is 77.1 Å². The number of imidazole rings is 1. The lowest BCUT2D eigenvalue weighted by Gasteiger charge is -2.31. The van der Waals surface area contributed by atoms with Gasteiger partial charge in [-0.3, -0.25) is 19.2 Å². The molecule has 0 bridgehead atoms. The van der Waals surface area contributed by atoms with Crippen LogP contribution in [0.3, 0.4) is 0 Å². The number of esters is 1. The van der Waals surface area contributed by atoms with E-state index in [1.807, 2.05) is 35.8 Å². The van der Waals surface area contributed by atoms with Crippen molar-refractivity contribution in [1.29, 1.82) is 0 Å². The Balaban J connectivity index is 1.62. The molecular formula is C40H59N7O9. The van der Waals surface area contributed by atoms with Gasteiger partial charge in [-0.15, -0.1) is 0 Å². The van der Waals surface area contributed by atoms with Crippen LogP contribution in [0.2, 0.25) is 0 Å². The Morgan fingerprint density at radius 2 is 1.61 bits per heavy atom. The molecule has 0 radical (unpaired) electrons. The summed E-state index contributed by atoms with van der Waals surface area (Å²) < 4.78 is 18.4. The number of alkyl carbamates (subject to hydrolysis) is 1. The van der Waals surface area contributed by atoms with E-state index in [0.29, 0.717) is 41.8 Å². The molecule has 0 aliphatic carbocycles. The Labute approximate surface area is 328 Å². The largest absolute Gasteiger partial charge is 0.460 e. The highest BCUT2D eigenvalue weighted by Crippen LogP contribution is 2.32. The molecule has 308 valence electrons. The first-order chi connectivity index (χ1) is 26.0.